The topological polar surface area (TPSA) is 76.0 Å². The van der Waals surface area contributed by atoms with E-state index in [1.165, 1.54) is 24.6 Å². The van der Waals surface area contributed by atoms with Crippen molar-refractivity contribution in [1.82, 2.24) is 9.78 Å². The average molecular weight is 372 g/mol. The third-order valence-electron chi connectivity index (χ3n) is 4.38. The van der Waals surface area contributed by atoms with Gasteiger partial charge in [0.1, 0.15) is 5.82 Å². The second-order valence-corrected chi connectivity index (χ2v) is 7.54. The number of thioether (sulfide) groups is 1. The Morgan fingerprint density at radius 3 is 2.62 bits per heavy atom. The van der Waals surface area contributed by atoms with Crippen LogP contribution in [0.15, 0.2) is 36.5 Å². The van der Waals surface area contributed by atoms with Crippen molar-refractivity contribution in [1.29, 1.82) is 0 Å². The molecule has 1 aromatic heterocycles. The third kappa shape index (κ3) is 5.11. The summed E-state index contributed by atoms with van der Waals surface area (Å²) in [5.74, 6) is 0.995. The lowest BCUT2D eigenvalue weighted by atomic mass is 10.2. The molecule has 1 aliphatic carbocycles. The maximum absolute atomic E-state index is 12.2. The summed E-state index contributed by atoms with van der Waals surface area (Å²) in [4.78, 5) is 24.1. The number of carbonyl (C=O) groups is 2. The molecule has 1 heterocycles. The summed E-state index contributed by atoms with van der Waals surface area (Å²) >= 11 is 1.30. The predicted molar refractivity (Wildman–Crippen MR) is 105 cm³/mol. The summed E-state index contributed by atoms with van der Waals surface area (Å²) < 4.78 is 1.92. The SMILES string of the molecule is Cc1cccc(NC(=O)CSCC(=O)Nc2ccnn2C2CCCC2)c1. The van der Waals surface area contributed by atoms with Crippen LogP contribution in [0.2, 0.25) is 0 Å². The van der Waals surface area contributed by atoms with E-state index in [0.29, 0.717) is 6.04 Å². The summed E-state index contributed by atoms with van der Waals surface area (Å²) in [7, 11) is 0. The summed E-state index contributed by atoms with van der Waals surface area (Å²) in [6, 6.07) is 9.86. The number of nitrogens with one attached hydrogen (secondary N) is 2. The molecular weight excluding hydrogens is 348 g/mol. The first-order chi connectivity index (χ1) is 12.6. The zero-order valence-corrected chi connectivity index (χ0v) is 15.7. The van der Waals surface area contributed by atoms with Crippen LogP contribution in [0.3, 0.4) is 0 Å². The quantitative estimate of drug-likeness (QED) is 0.778. The van der Waals surface area contributed by atoms with Gasteiger partial charge in [0.15, 0.2) is 0 Å². The molecule has 6 nitrogen and oxygen atoms in total. The largest absolute Gasteiger partial charge is 0.325 e. The molecule has 1 aromatic carbocycles. The number of rotatable bonds is 7. The van der Waals surface area contributed by atoms with Gasteiger partial charge in [0.25, 0.3) is 0 Å². The minimum Gasteiger partial charge on any atom is -0.325 e. The van der Waals surface area contributed by atoms with Gasteiger partial charge in [-0.3, -0.25) is 9.59 Å². The Hall–Kier alpha value is -2.28. The smallest absolute Gasteiger partial charge is 0.235 e. The molecule has 3 rings (SSSR count). The van der Waals surface area contributed by atoms with E-state index in [9.17, 15) is 9.59 Å². The van der Waals surface area contributed by atoms with Crippen molar-refractivity contribution in [2.45, 2.75) is 38.6 Å². The van der Waals surface area contributed by atoms with Crippen LogP contribution >= 0.6 is 11.8 Å². The van der Waals surface area contributed by atoms with Crippen LogP contribution in [0.25, 0.3) is 0 Å². The molecule has 0 radical (unpaired) electrons. The standard InChI is InChI=1S/C19H24N4O2S/c1-14-5-4-6-15(11-14)21-18(24)12-26-13-19(25)22-17-9-10-20-23(17)16-7-2-3-8-16/h4-6,9-11,16H,2-3,7-8,12-13H2,1H3,(H,21,24)(H,22,25). The second kappa shape index (κ2) is 8.89. The van der Waals surface area contributed by atoms with E-state index in [1.54, 1.807) is 6.20 Å². The summed E-state index contributed by atoms with van der Waals surface area (Å²) in [6.45, 7) is 1.98. The van der Waals surface area contributed by atoms with E-state index in [-0.39, 0.29) is 23.3 Å². The number of anilines is 2. The highest BCUT2D eigenvalue weighted by Gasteiger charge is 2.20. The molecule has 2 aromatic rings. The summed E-state index contributed by atoms with van der Waals surface area (Å²) in [6.07, 6.45) is 6.36. The number of benzene rings is 1. The molecule has 0 atom stereocenters. The lowest BCUT2D eigenvalue weighted by Crippen LogP contribution is -2.21. The van der Waals surface area contributed by atoms with Crippen LogP contribution in [0.1, 0.15) is 37.3 Å². The fraction of sp³-hybridized carbons (Fsp3) is 0.421. The van der Waals surface area contributed by atoms with E-state index in [0.717, 1.165) is 29.9 Å². The minimum absolute atomic E-state index is 0.107. The minimum atomic E-state index is -0.113. The Morgan fingerprint density at radius 2 is 1.88 bits per heavy atom. The Labute approximate surface area is 157 Å². The van der Waals surface area contributed by atoms with E-state index in [1.807, 2.05) is 41.9 Å². The second-order valence-electron chi connectivity index (χ2n) is 6.56. The highest BCUT2D eigenvalue weighted by atomic mass is 32.2. The monoisotopic (exact) mass is 372 g/mol. The van der Waals surface area contributed by atoms with Gasteiger partial charge in [0.2, 0.25) is 11.8 Å². The van der Waals surface area contributed by atoms with Crippen molar-refractivity contribution in [3.8, 4) is 0 Å². The average Bonchev–Trinajstić information content (AvgIpc) is 3.25. The van der Waals surface area contributed by atoms with Gasteiger partial charge in [-0.05, 0) is 37.5 Å². The number of aryl methyl sites for hydroxylation is 1. The Morgan fingerprint density at radius 1 is 1.15 bits per heavy atom. The Balaban J connectivity index is 1.42. The highest BCUT2D eigenvalue weighted by Crippen LogP contribution is 2.31. The van der Waals surface area contributed by atoms with Crippen molar-refractivity contribution in [3.05, 3.63) is 42.1 Å². The van der Waals surface area contributed by atoms with Gasteiger partial charge < -0.3 is 10.6 Å². The van der Waals surface area contributed by atoms with Gasteiger partial charge in [-0.2, -0.15) is 5.10 Å². The van der Waals surface area contributed by atoms with Crippen molar-refractivity contribution in [2.75, 3.05) is 22.1 Å². The van der Waals surface area contributed by atoms with Crippen LogP contribution in [-0.4, -0.2) is 33.1 Å². The number of hydrogen-bond acceptors (Lipinski definition) is 4. The first kappa shape index (κ1) is 18.5. The number of hydrogen-bond donors (Lipinski definition) is 2. The van der Waals surface area contributed by atoms with Gasteiger partial charge in [-0.25, -0.2) is 4.68 Å². The first-order valence-electron chi connectivity index (χ1n) is 8.89. The third-order valence-corrected chi connectivity index (χ3v) is 5.31. The van der Waals surface area contributed by atoms with Crippen LogP contribution < -0.4 is 10.6 Å². The predicted octanol–water partition coefficient (Wildman–Crippen LogP) is 3.62. The maximum Gasteiger partial charge on any atom is 0.235 e. The highest BCUT2D eigenvalue weighted by molar-refractivity contribution is 8.00. The summed E-state index contributed by atoms with van der Waals surface area (Å²) in [5.41, 5.74) is 1.87. The normalized spacial score (nSPS) is 14.3. The number of carbonyl (C=O) groups excluding carboxylic acids is 2. The fourth-order valence-corrected chi connectivity index (χ4v) is 3.81. The zero-order valence-electron chi connectivity index (χ0n) is 14.9. The van der Waals surface area contributed by atoms with Crippen molar-refractivity contribution in [3.63, 3.8) is 0 Å². The number of aromatic nitrogens is 2. The van der Waals surface area contributed by atoms with Crippen LogP contribution in [0.4, 0.5) is 11.5 Å². The first-order valence-corrected chi connectivity index (χ1v) is 10.0. The van der Waals surface area contributed by atoms with Crippen LogP contribution in [0, 0.1) is 6.92 Å². The van der Waals surface area contributed by atoms with Crippen molar-refractivity contribution in [2.24, 2.45) is 0 Å². The zero-order chi connectivity index (χ0) is 18.4. The lowest BCUT2D eigenvalue weighted by Gasteiger charge is -2.14. The van der Waals surface area contributed by atoms with Gasteiger partial charge in [-0.15, -0.1) is 11.8 Å². The molecule has 2 amide bonds. The molecule has 26 heavy (non-hydrogen) atoms. The maximum atomic E-state index is 12.2. The van der Waals surface area contributed by atoms with Gasteiger partial charge in [-0.1, -0.05) is 25.0 Å². The van der Waals surface area contributed by atoms with E-state index >= 15 is 0 Å². The van der Waals surface area contributed by atoms with E-state index in [4.69, 9.17) is 0 Å². The molecule has 0 spiro atoms. The molecule has 1 saturated carbocycles. The molecular formula is C19H24N4O2S. The van der Waals surface area contributed by atoms with E-state index in [2.05, 4.69) is 15.7 Å². The lowest BCUT2D eigenvalue weighted by molar-refractivity contribution is -0.114. The van der Waals surface area contributed by atoms with Gasteiger partial charge in [0.05, 0.1) is 23.7 Å². The number of nitrogens with zero attached hydrogens (tertiary/aromatic N) is 2. The Bertz CT molecular complexity index is 768. The fourth-order valence-electron chi connectivity index (χ4n) is 3.19. The Kier molecular flexibility index (Phi) is 6.33. The van der Waals surface area contributed by atoms with Crippen LogP contribution in [0.5, 0.6) is 0 Å². The van der Waals surface area contributed by atoms with Crippen molar-refractivity contribution >= 4 is 35.1 Å². The molecule has 138 valence electrons. The molecule has 7 heteroatoms. The number of amides is 2. The molecule has 0 bridgehead atoms. The molecule has 2 N–H and O–H groups in total. The van der Waals surface area contributed by atoms with Crippen LogP contribution in [-0.2, 0) is 9.59 Å². The molecule has 0 aliphatic heterocycles. The van der Waals surface area contributed by atoms with Crippen molar-refractivity contribution < 1.29 is 9.59 Å². The van der Waals surface area contributed by atoms with E-state index < -0.39 is 0 Å². The molecule has 0 unspecified atom stereocenters. The molecule has 0 saturated heterocycles. The summed E-state index contributed by atoms with van der Waals surface area (Å²) in [5, 5.41) is 10.1. The van der Waals surface area contributed by atoms with Gasteiger partial charge >= 0.3 is 0 Å². The molecule has 1 fully saturated rings. The molecule has 1 aliphatic rings. The van der Waals surface area contributed by atoms with Gasteiger partial charge in [0, 0.05) is 11.8 Å².